The van der Waals surface area contributed by atoms with E-state index in [1.165, 1.54) is 30.2 Å². The van der Waals surface area contributed by atoms with Gasteiger partial charge in [0.1, 0.15) is 36.7 Å². The highest BCUT2D eigenvalue weighted by atomic mass is 19.4. The minimum atomic E-state index is -4.22. The number of aromatic nitrogens is 2. The number of Topliss-reactive ketones (excluding diaryl/α,β-unsaturated/α-hetero) is 1. The quantitative estimate of drug-likeness (QED) is 0.215. The van der Waals surface area contributed by atoms with Crippen LogP contribution in [0.25, 0.3) is 0 Å². The zero-order chi connectivity index (χ0) is 30.3. The van der Waals surface area contributed by atoms with Crippen LogP contribution in [0, 0.1) is 0 Å². The number of rotatable bonds is 11. The summed E-state index contributed by atoms with van der Waals surface area (Å²) in [5.74, 6) is 0.163. The topological polar surface area (TPSA) is 110 Å². The number of halogens is 5. The van der Waals surface area contributed by atoms with Crippen LogP contribution in [-0.4, -0.2) is 72.1 Å². The van der Waals surface area contributed by atoms with Crippen molar-refractivity contribution in [2.45, 2.75) is 43.9 Å². The van der Waals surface area contributed by atoms with Crippen molar-refractivity contribution in [2.75, 3.05) is 43.6 Å². The minimum Gasteiger partial charge on any atom is -0.489 e. The molecule has 0 aliphatic carbocycles. The van der Waals surface area contributed by atoms with E-state index in [1.807, 2.05) is 0 Å². The highest BCUT2D eigenvalue weighted by molar-refractivity contribution is 5.99. The fraction of sp³-hybridized carbons (Fsp3) is 0.429. The van der Waals surface area contributed by atoms with E-state index < -0.39 is 37.5 Å². The molecule has 0 spiro atoms. The van der Waals surface area contributed by atoms with Gasteiger partial charge in [0.2, 0.25) is 0 Å². The van der Waals surface area contributed by atoms with Crippen molar-refractivity contribution in [1.29, 1.82) is 0 Å². The molecule has 2 amide bonds. The molecule has 2 N–H and O–H groups in total. The van der Waals surface area contributed by atoms with Crippen molar-refractivity contribution in [3.63, 3.8) is 0 Å². The molecule has 3 aromatic rings. The van der Waals surface area contributed by atoms with Gasteiger partial charge in [0.25, 0.3) is 0 Å². The summed E-state index contributed by atoms with van der Waals surface area (Å²) in [7, 11) is 0. The summed E-state index contributed by atoms with van der Waals surface area (Å²) >= 11 is 0. The molecular formula is C28H30F5N5O4. The van der Waals surface area contributed by atoms with Gasteiger partial charge in [0.15, 0.2) is 11.6 Å². The third kappa shape index (κ3) is 8.47. The second-order valence-electron chi connectivity index (χ2n) is 10.4. The normalized spacial score (nSPS) is 14.9. The zero-order valence-electron chi connectivity index (χ0n) is 22.7. The average Bonchev–Trinajstić information content (AvgIpc) is 3.43. The number of alkyl halides is 5. The molecule has 1 saturated heterocycles. The molecule has 1 aromatic carbocycles. The zero-order valence-corrected chi connectivity index (χ0v) is 22.7. The summed E-state index contributed by atoms with van der Waals surface area (Å²) in [4.78, 5) is 30.5. The molecule has 0 saturated carbocycles. The molecule has 1 fully saturated rings. The third-order valence-electron chi connectivity index (χ3n) is 6.78. The molecule has 1 aliphatic heterocycles. The van der Waals surface area contributed by atoms with E-state index in [0.29, 0.717) is 42.9 Å². The van der Waals surface area contributed by atoms with Gasteiger partial charge in [-0.15, -0.1) is 0 Å². The van der Waals surface area contributed by atoms with E-state index in [4.69, 9.17) is 9.26 Å². The van der Waals surface area contributed by atoms with E-state index >= 15 is 0 Å². The highest BCUT2D eigenvalue weighted by Gasteiger charge is 2.33. The Kier molecular flexibility index (Phi) is 9.76. The van der Waals surface area contributed by atoms with Crippen molar-refractivity contribution >= 4 is 23.3 Å². The Morgan fingerprint density at radius 3 is 2.33 bits per heavy atom. The molecule has 0 atom stereocenters. The number of piperidine rings is 1. The first-order valence-electron chi connectivity index (χ1n) is 13.2. The number of anilines is 2. The van der Waals surface area contributed by atoms with E-state index in [9.17, 15) is 31.5 Å². The summed E-state index contributed by atoms with van der Waals surface area (Å²) in [6, 6.07) is 10.3. The first-order valence-corrected chi connectivity index (χ1v) is 13.2. The summed E-state index contributed by atoms with van der Waals surface area (Å²) in [6.45, 7) is -0.994. The number of nitrogens with one attached hydrogen (secondary N) is 2. The number of pyridine rings is 1. The van der Waals surface area contributed by atoms with Crippen LogP contribution >= 0.6 is 0 Å². The molecule has 9 nitrogen and oxygen atoms in total. The lowest BCUT2D eigenvalue weighted by Crippen LogP contribution is -2.42. The third-order valence-corrected chi connectivity index (χ3v) is 6.78. The Morgan fingerprint density at radius 2 is 1.74 bits per heavy atom. The summed E-state index contributed by atoms with van der Waals surface area (Å²) in [6.07, 6.45) is -2.04. The number of amides is 2. The van der Waals surface area contributed by atoms with E-state index in [1.54, 1.807) is 30.3 Å². The molecule has 42 heavy (non-hydrogen) atoms. The number of nitrogens with zero attached hydrogens (tertiary/aromatic N) is 3. The SMILES string of the molecule is CC(CF)(CF)c1cc(NC(=O)Nc2ccc(CC(=O)c3ccc(OC4CCN(CC(F)(F)F)CC4)cn3)cc2)no1. The fourth-order valence-electron chi connectivity index (χ4n) is 4.29. The number of carbonyl (C=O) groups excluding carboxylic acids is 2. The van der Waals surface area contributed by atoms with E-state index in [-0.39, 0.29) is 35.6 Å². The number of carbonyl (C=O) groups is 2. The van der Waals surface area contributed by atoms with Crippen molar-refractivity contribution in [3.8, 4) is 5.75 Å². The maximum absolute atomic E-state index is 13.2. The van der Waals surface area contributed by atoms with Gasteiger partial charge in [-0.05, 0) is 49.6 Å². The predicted octanol–water partition coefficient (Wildman–Crippen LogP) is 5.74. The second-order valence-corrected chi connectivity index (χ2v) is 10.4. The van der Waals surface area contributed by atoms with Crippen LogP contribution in [0.4, 0.5) is 38.3 Å². The number of likely N-dealkylation sites (tertiary alicyclic amines) is 1. The maximum Gasteiger partial charge on any atom is 0.401 e. The molecule has 4 rings (SSSR count). The van der Waals surface area contributed by atoms with Gasteiger partial charge in [-0.2, -0.15) is 13.2 Å². The Balaban J connectivity index is 1.23. The summed E-state index contributed by atoms with van der Waals surface area (Å²) in [5, 5.41) is 8.63. The van der Waals surface area contributed by atoms with Crippen LogP contribution in [0.3, 0.4) is 0 Å². The number of ketones is 1. The smallest absolute Gasteiger partial charge is 0.401 e. The molecule has 2 aromatic heterocycles. The van der Waals surface area contributed by atoms with Gasteiger partial charge >= 0.3 is 12.2 Å². The molecule has 14 heteroatoms. The maximum atomic E-state index is 13.2. The Morgan fingerprint density at radius 1 is 1.05 bits per heavy atom. The monoisotopic (exact) mass is 595 g/mol. The first kappa shape index (κ1) is 30.9. The lowest BCUT2D eigenvalue weighted by atomic mass is 9.91. The standard InChI is InChI=1S/C28H30F5N5O4/c1-27(15-29,16-30)24-13-25(37-42-24)36-26(40)35-19-4-2-18(3-5-19)12-23(39)22-7-6-21(14-34-22)41-20-8-10-38(11-9-20)17-28(31,32)33/h2-7,13-14,20H,8-12,15-17H2,1H3,(H2,35,36,37,40). The lowest BCUT2D eigenvalue weighted by molar-refractivity contribution is -0.149. The number of ether oxygens (including phenoxy) is 1. The van der Waals surface area contributed by atoms with Gasteiger partial charge in [-0.3, -0.25) is 15.0 Å². The molecule has 0 unspecified atom stereocenters. The molecule has 3 heterocycles. The van der Waals surface area contributed by atoms with Crippen LogP contribution in [0.15, 0.2) is 53.2 Å². The Bertz CT molecular complexity index is 1340. The summed E-state index contributed by atoms with van der Waals surface area (Å²) < 4.78 is 74.8. The number of urea groups is 1. The van der Waals surface area contributed by atoms with Gasteiger partial charge in [0, 0.05) is 31.3 Å². The Hall–Kier alpha value is -4.07. The van der Waals surface area contributed by atoms with Crippen LogP contribution in [-0.2, 0) is 11.8 Å². The average molecular weight is 596 g/mol. The van der Waals surface area contributed by atoms with Crippen LogP contribution < -0.4 is 15.4 Å². The number of hydrogen-bond acceptors (Lipinski definition) is 7. The largest absolute Gasteiger partial charge is 0.489 e. The van der Waals surface area contributed by atoms with Gasteiger partial charge in [-0.1, -0.05) is 17.3 Å². The summed E-state index contributed by atoms with van der Waals surface area (Å²) in [5.41, 5.74) is -0.150. The van der Waals surface area contributed by atoms with Gasteiger partial charge in [0.05, 0.1) is 18.2 Å². The van der Waals surface area contributed by atoms with Crippen LogP contribution in [0.2, 0.25) is 0 Å². The van der Waals surface area contributed by atoms with Crippen molar-refractivity contribution in [1.82, 2.24) is 15.0 Å². The molecular weight excluding hydrogens is 565 g/mol. The van der Waals surface area contributed by atoms with E-state index in [0.717, 1.165) is 0 Å². The molecule has 0 radical (unpaired) electrons. The Labute approximate surface area is 238 Å². The molecule has 226 valence electrons. The van der Waals surface area contributed by atoms with Gasteiger partial charge < -0.3 is 14.6 Å². The van der Waals surface area contributed by atoms with Crippen molar-refractivity contribution in [3.05, 3.63) is 65.7 Å². The van der Waals surface area contributed by atoms with Crippen LogP contribution in [0.1, 0.15) is 41.6 Å². The van der Waals surface area contributed by atoms with Crippen LogP contribution in [0.5, 0.6) is 5.75 Å². The molecule has 0 bridgehead atoms. The molecule has 1 aliphatic rings. The minimum absolute atomic E-state index is 0.00641. The van der Waals surface area contributed by atoms with E-state index in [2.05, 4.69) is 20.8 Å². The van der Waals surface area contributed by atoms with Crippen molar-refractivity contribution in [2.24, 2.45) is 0 Å². The number of benzene rings is 1. The predicted molar refractivity (Wildman–Crippen MR) is 143 cm³/mol. The lowest BCUT2D eigenvalue weighted by Gasteiger charge is -2.32. The highest BCUT2D eigenvalue weighted by Crippen LogP contribution is 2.27. The number of hydrogen-bond donors (Lipinski definition) is 2. The first-order chi connectivity index (χ1) is 20.0. The second kappa shape index (κ2) is 13.3. The van der Waals surface area contributed by atoms with Gasteiger partial charge in [-0.25, -0.2) is 18.6 Å². The van der Waals surface area contributed by atoms with Crippen molar-refractivity contribution < 1.29 is 40.8 Å². The fourth-order valence-corrected chi connectivity index (χ4v) is 4.29.